The van der Waals surface area contributed by atoms with Gasteiger partial charge in [-0.2, -0.15) is 18.3 Å². The molecule has 2 aliphatic rings. The summed E-state index contributed by atoms with van der Waals surface area (Å²) in [6.07, 6.45) is -2.73. The average Bonchev–Trinajstić information content (AvgIpc) is 3.15. The van der Waals surface area contributed by atoms with Crippen LogP contribution in [0.25, 0.3) is 5.69 Å². The van der Waals surface area contributed by atoms with Gasteiger partial charge in [0.2, 0.25) is 0 Å². The molecule has 2 aliphatic heterocycles. The number of aliphatic hydroxyl groups is 1. The van der Waals surface area contributed by atoms with Gasteiger partial charge in [-0.1, -0.05) is 0 Å². The van der Waals surface area contributed by atoms with E-state index < -0.39 is 11.7 Å². The Bertz CT molecular complexity index is 851. The number of aliphatic hydroxyl groups excluding tert-OH is 1. The molecule has 2 fully saturated rings. The zero-order chi connectivity index (χ0) is 22.0. The summed E-state index contributed by atoms with van der Waals surface area (Å²) in [4.78, 5) is 7.12. The Morgan fingerprint density at radius 2 is 1.52 bits per heavy atom. The smallest absolute Gasteiger partial charge is 0.393 e. The normalized spacial score (nSPS) is 19.8. The molecule has 0 radical (unpaired) electrons. The van der Waals surface area contributed by atoms with Crippen LogP contribution in [-0.2, 0) is 6.18 Å². The number of hydrogen-bond donors (Lipinski definition) is 1. The quantitative estimate of drug-likeness (QED) is 0.780. The van der Waals surface area contributed by atoms with Gasteiger partial charge in [0.05, 0.1) is 17.4 Å². The van der Waals surface area contributed by atoms with Crippen LogP contribution >= 0.6 is 0 Å². The molecular formula is C22H30F3N5O. The molecule has 0 aliphatic carbocycles. The van der Waals surface area contributed by atoms with E-state index in [9.17, 15) is 18.3 Å². The zero-order valence-electron chi connectivity index (χ0n) is 17.9. The van der Waals surface area contributed by atoms with Crippen LogP contribution < -0.4 is 4.90 Å². The molecule has 0 amide bonds. The SMILES string of the molecule is Cc1cc(N2CCN(CCN3CCC(O)CC3)CC2)nn1-c1ccc(C(F)(F)F)cc1. The fraction of sp³-hybridized carbons (Fsp3) is 0.591. The van der Waals surface area contributed by atoms with Gasteiger partial charge in [-0.3, -0.25) is 4.90 Å². The molecule has 0 bridgehead atoms. The van der Waals surface area contributed by atoms with E-state index in [1.165, 1.54) is 12.1 Å². The van der Waals surface area contributed by atoms with Crippen LogP contribution in [0, 0.1) is 6.92 Å². The Morgan fingerprint density at radius 1 is 0.935 bits per heavy atom. The number of likely N-dealkylation sites (tertiary alicyclic amines) is 1. The van der Waals surface area contributed by atoms with Gasteiger partial charge in [0.25, 0.3) is 0 Å². The second-order valence-corrected chi connectivity index (χ2v) is 8.50. The number of piperidine rings is 1. The average molecular weight is 438 g/mol. The predicted octanol–water partition coefficient (Wildman–Crippen LogP) is 2.78. The van der Waals surface area contributed by atoms with E-state index in [2.05, 4.69) is 19.8 Å². The van der Waals surface area contributed by atoms with Gasteiger partial charge < -0.3 is 14.9 Å². The highest BCUT2D eigenvalue weighted by molar-refractivity contribution is 5.45. The molecule has 170 valence electrons. The second-order valence-electron chi connectivity index (χ2n) is 8.50. The van der Waals surface area contributed by atoms with Crippen molar-refractivity contribution in [3.8, 4) is 5.69 Å². The summed E-state index contributed by atoms with van der Waals surface area (Å²) in [6.45, 7) is 9.61. The van der Waals surface area contributed by atoms with Gasteiger partial charge in [0, 0.05) is 64.1 Å². The van der Waals surface area contributed by atoms with Crippen LogP contribution in [0.4, 0.5) is 19.0 Å². The zero-order valence-corrected chi connectivity index (χ0v) is 17.9. The number of anilines is 1. The third-order valence-electron chi connectivity index (χ3n) is 6.30. The number of piperazine rings is 1. The van der Waals surface area contributed by atoms with Crippen molar-refractivity contribution < 1.29 is 18.3 Å². The molecule has 1 aromatic heterocycles. The molecule has 1 aromatic carbocycles. The molecule has 0 saturated carbocycles. The highest BCUT2D eigenvalue weighted by atomic mass is 19.4. The third-order valence-corrected chi connectivity index (χ3v) is 6.30. The van der Waals surface area contributed by atoms with Gasteiger partial charge in [-0.25, -0.2) is 4.68 Å². The summed E-state index contributed by atoms with van der Waals surface area (Å²) >= 11 is 0. The van der Waals surface area contributed by atoms with E-state index in [4.69, 9.17) is 0 Å². The van der Waals surface area contributed by atoms with Crippen molar-refractivity contribution in [3.05, 3.63) is 41.6 Å². The minimum Gasteiger partial charge on any atom is -0.393 e. The predicted molar refractivity (Wildman–Crippen MR) is 114 cm³/mol. The molecule has 0 atom stereocenters. The molecule has 2 aromatic rings. The number of aryl methyl sites for hydroxylation is 1. The maximum atomic E-state index is 12.8. The molecule has 0 spiro atoms. The molecule has 0 unspecified atom stereocenters. The first-order valence-corrected chi connectivity index (χ1v) is 10.9. The van der Waals surface area contributed by atoms with E-state index in [1.54, 1.807) is 4.68 Å². The van der Waals surface area contributed by atoms with Gasteiger partial charge in [-0.15, -0.1) is 0 Å². The topological polar surface area (TPSA) is 47.8 Å². The van der Waals surface area contributed by atoms with E-state index in [0.29, 0.717) is 5.69 Å². The van der Waals surface area contributed by atoms with E-state index in [0.717, 1.165) is 88.8 Å². The molecule has 31 heavy (non-hydrogen) atoms. The lowest BCUT2D eigenvalue weighted by molar-refractivity contribution is -0.137. The summed E-state index contributed by atoms with van der Waals surface area (Å²) in [7, 11) is 0. The van der Waals surface area contributed by atoms with E-state index in [-0.39, 0.29) is 6.10 Å². The number of benzene rings is 1. The van der Waals surface area contributed by atoms with Crippen LogP contribution in [0.15, 0.2) is 30.3 Å². The van der Waals surface area contributed by atoms with E-state index in [1.807, 2.05) is 13.0 Å². The van der Waals surface area contributed by atoms with Crippen LogP contribution in [0.2, 0.25) is 0 Å². The summed E-state index contributed by atoms with van der Waals surface area (Å²) < 4.78 is 40.1. The number of hydrogen-bond acceptors (Lipinski definition) is 5. The summed E-state index contributed by atoms with van der Waals surface area (Å²) in [5.74, 6) is 0.863. The van der Waals surface area contributed by atoms with Crippen LogP contribution in [0.3, 0.4) is 0 Å². The van der Waals surface area contributed by atoms with Crippen LogP contribution in [0.5, 0.6) is 0 Å². The largest absolute Gasteiger partial charge is 0.416 e. The summed E-state index contributed by atoms with van der Waals surface area (Å²) in [5.41, 5.74) is 0.865. The maximum absolute atomic E-state index is 12.8. The number of aromatic nitrogens is 2. The lowest BCUT2D eigenvalue weighted by atomic mass is 10.1. The molecular weight excluding hydrogens is 407 g/mol. The third kappa shape index (κ3) is 5.39. The number of halogens is 3. The summed E-state index contributed by atoms with van der Waals surface area (Å²) in [6, 6.07) is 7.11. The second kappa shape index (κ2) is 9.18. The molecule has 9 heteroatoms. The minimum atomic E-state index is -4.34. The van der Waals surface area contributed by atoms with Gasteiger partial charge >= 0.3 is 6.18 Å². The Kier molecular flexibility index (Phi) is 6.55. The Balaban J connectivity index is 1.31. The van der Waals surface area contributed by atoms with Crippen molar-refractivity contribution in [2.24, 2.45) is 0 Å². The Morgan fingerprint density at radius 3 is 2.10 bits per heavy atom. The maximum Gasteiger partial charge on any atom is 0.416 e. The number of nitrogens with zero attached hydrogens (tertiary/aromatic N) is 5. The van der Waals surface area contributed by atoms with Crippen molar-refractivity contribution in [3.63, 3.8) is 0 Å². The van der Waals surface area contributed by atoms with Gasteiger partial charge in [-0.05, 0) is 44.0 Å². The Labute approximate surface area is 180 Å². The highest BCUT2D eigenvalue weighted by Gasteiger charge is 2.30. The molecule has 6 nitrogen and oxygen atoms in total. The molecule has 2 saturated heterocycles. The first-order valence-electron chi connectivity index (χ1n) is 10.9. The number of rotatable bonds is 5. The van der Waals surface area contributed by atoms with Crippen molar-refractivity contribution in [2.75, 3.05) is 57.3 Å². The fourth-order valence-electron chi connectivity index (χ4n) is 4.29. The van der Waals surface area contributed by atoms with Crippen molar-refractivity contribution >= 4 is 5.82 Å². The molecule has 4 rings (SSSR count). The minimum absolute atomic E-state index is 0.134. The first kappa shape index (κ1) is 22.1. The molecule has 3 heterocycles. The Hall–Kier alpha value is -2.10. The van der Waals surface area contributed by atoms with Crippen molar-refractivity contribution in [1.82, 2.24) is 19.6 Å². The van der Waals surface area contributed by atoms with Gasteiger partial charge in [0.1, 0.15) is 0 Å². The molecule has 1 N–H and O–H groups in total. The number of alkyl halides is 3. The lowest BCUT2D eigenvalue weighted by Crippen LogP contribution is -2.49. The standard InChI is InChI=1S/C22H30F3N5O/c1-17-16-21(26-30(17)19-4-2-18(3-5-19)22(23,24)25)29-14-12-28(13-15-29)11-10-27-8-6-20(31)7-9-27/h2-5,16,20,31H,6-15H2,1H3. The van der Waals surface area contributed by atoms with Crippen molar-refractivity contribution in [1.29, 1.82) is 0 Å². The fourth-order valence-corrected chi connectivity index (χ4v) is 4.29. The summed E-state index contributed by atoms with van der Waals surface area (Å²) in [5, 5.41) is 14.3. The monoisotopic (exact) mass is 437 g/mol. The van der Waals surface area contributed by atoms with Crippen molar-refractivity contribution in [2.45, 2.75) is 32.0 Å². The van der Waals surface area contributed by atoms with Gasteiger partial charge in [0.15, 0.2) is 5.82 Å². The lowest BCUT2D eigenvalue weighted by Gasteiger charge is -2.37. The van der Waals surface area contributed by atoms with Crippen LogP contribution in [-0.4, -0.2) is 83.1 Å². The highest BCUT2D eigenvalue weighted by Crippen LogP contribution is 2.30. The first-order chi connectivity index (χ1) is 14.8. The van der Waals surface area contributed by atoms with Crippen LogP contribution in [0.1, 0.15) is 24.1 Å². The van der Waals surface area contributed by atoms with E-state index >= 15 is 0 Å².